The van der Waals surface area contributed by atoms with Crippen molar-refractivity contribution in [1.29, 1.82) is 0 Å². The fourth-order valence-electron chi connectivity index (χ4n) is 6.94. The van der Waals surface area contributed by atoms with Crippen LogP contribution in [0.3, 0.4) is 0 Å². The van der Waals surface area contributed by atoms with Crippen LogP contribution >= 0.6 is 0 Å². The van der Waals surface area contributed by atoms with E-state index in [0.717, 1.165) is 38.5 Å². The molecule has 7 heteroatoms. The Labute approximate surface area is 340 Å². The van der Waals surface area contributed by atoms with Gasteiger partial charge in [0.1, 0.15) is 11.5 Å². The first kappa shape index (κ1) is 50.7. The number of benzene rings is 2. The number of aromatic carboxylic acids is 2. The number of aromatic hydroxyl groups is 2. The van der Waals surface area contributed by atoms with E-state index >= 15 is 0 Å². The number of aryl methyl sites for hydroxylation is 2. The molecule has 2 N–H and O–H groups in total. The Balaban J connectivity index is 0.00000100. The molecule has 0 aliphatic rings. The second-order valence-electron chi connectivity index (χ2n) is 14.9. The van der Waals surface area contributed by atoms with Crippen molar-refractivity contribution in [2.45, 2.75) is 206 Å². The maximum Gasteiger partial charge on any atom is 2.00 e. The molecule has 296 valence electrons. The number of carbonyl (C=O) groups is 2. The number of hydrogen-bond donors (Lipinski definition) is 2. The molecule has 0 aliphatic heterocycles. The van der Waals surface area contributed by atoms with Crippen molar-refractivity contribution in [3.63, 3.8) is 0 Å². The molecule has 53 heavy (non-hydrogen) atoms. The van der Waals surface area contributed by atoms with E-state index in [9.17, 15) is 30.0 Å². The van der Waals surface area contributed by atoms with E-state index in [1.165, 1.54) is 166 Å². The van der Waals surface area contributed by atoms with Gasteiger partial charge in [-0.05, 0) is 48.9 Å². The van der Waals surface area contributed by atoms with Gasteiger partial charge in [-0.1, -0.05) is 205 Å². The van der Waals surface area contributed by atoms with E-state index in [2.05, 4.69) is 13.8 Å². The minimum Gasteiger partial charge on any atom is -0.545 e. The van der Waals surface area contributed by atoms with E-state index in [4.69, 9.17) is 0 Å². The summed E-state index contributed by atoms with van der Waals surface area (Å²) in [6.07, 6.45) is 38.3. The summed E-state index contributed by atoms with van der Waals surface area (Å²) in [5.74, 6) is -2.87. The Morgan fingerprint density at radius 2 is 0.642 bits per heavy atom. The zero-order chi connectivity index (χ0) is 38.1. The van der Waals surface area contributed by atoms with Crippen LogP contribution in [0.1, 0.15) is 225 Å². The van der Waals surface area contributed by atoms with E-state index in [1.807, 2.05) is 0 Å². The van der Waals surface area contributed by atoms with Crippen LogP contribution < -0.4 is 10.2 Å². The van der Waals surface area contributed by atoms with Crippen LogP contribution in [0.15, 0.2) is 36.4 Å². The number of phenols is 2. The van der Waals surface area contributed by atoms with Crippen LogP contribution in [-0.2, 0) is 12.8 Å². The number of unbranched alkanes of at least 4 members (excludes halogenated alkanes) is 26. The summed E-state index contributed by atoms with van der Waals surface area (Å²) in [7, 11) is 0. The van der Waals surface area contributed by atoms with Crippen LogP contribution in [-0.4, -0.2) is 45.2 Å². The summed E-state index contributed by atoms with van der Waals surface area (Å²) in [4.78, 5) is 21.8. The van der Waals surface area contributed by atoms with Gasteiger partial charge in [0.15, 0.2) is 0 Å². The second-order valence-corrected chi connectivity index (χ2v) is 14.9. The molecule has 0 aliphatic carbocycles. The van der Waals surface area contributed by atoms with Gasteiger partial charge in [0.25, 0.3) is 0 Å². The Bertz CT molecular complexity index is 1090. The zero-order valence-electron chi connectivity index (χ0n) is 33.9. The average molecular weight is 747 g/mol. The molecule has 6 nitrogen and oxygen atoms in total. The van der Waals surface area contributed by atoms with Gasteiger partial charge in [-0.25, -0.2) is 0 Å². The van der Waals surface area contributed by atoms with Gasteiger partial charge in [0, 0.05) is 11.1 Å². The largest absolute Gasteiger partial charge is 2.00 e. The molecular formula is C46H74MgO6. The molecule has 0 fully saturated rings. The summed E-state index contributed by atoms with van der Waals surface area (Å²) >= 11 is 0. The molecule has 2 aromatic carbocycles. The quantitative estimate of drug-likeness (QED) is 0.0568. The molecule has 0 unspecified atom stereocenters. The van der Waals surface area contributed by atoms with Gasteiger partial charge >= 0.3 is 23.1 Å². The van der Waals surface area contributed by atoms with Gasteiger partial charge in [-0.3, -0.25) is 0 Å². The number of carboxylic acids is 2. The summed E-state index contributed by atoms with van der Waals surface area (Å²) in [6, 6.07) is 9.71. The van der Waals surface area contributed by atoms with Crippen molar-refractivity contribution >= 4 is 35.0 Å². The SMILES string of the molecule is CCCCCCCCCCCCCCCCc1cccc(C(=O)[O-])c1O.CCCCCCCCCCCCCCCCc1cccc(C(=O)[O-])c1O.[Mg+2]. The van der Waals surface area contributed by atoms with Gasteiger partial charge < -0.3 is 30.0 Å². The first-order valence-corrected chi connectivity index (χ1v) is 21.4. The fourth-order valence-corrected chi connectivity index (χ4v) is 6.94. The molecular weight excluding hydrogens is 673 g/mol. The summed E-state index contributed by atoms with van der Waals surface area (Å²) < 4.78 is 0. The average Bonchev–Trinajstić information content (AvgIpc) is 3.13. The molecule has 0 heterocycles. The number of hydrogen-bond acceptors (Lipinski definition) is 6. The molecule has 0 radical (unpaired) electrons. The van der Waals surface area contributed by atoms with E-state index in [1.54, 1.807) is 24.3 Å². The number of carboxylic acid groups (broad SMARTS) is 2. The first-order valence-electron chi connectivity index (χ1n) is 21.4. The first-order chi connectivity index (χ1) is 25.3. The molecule has 0 saturated heterocycles. The zero-order valence-corrected chi connectivity index (χ0v) is 35.3. The molecule has 2 aromatic rings. The van der Waals surface area contributed by atoms with Gasteiger partial charge in [0.05, 0.1) is 11.9 Å². The number of carbonyl (C=O) groups excluding carboxylic acids is 2. The molecule has 0 atom stereocenters. The summed E-state index contributed by atoms with van der Waals surface area (Å²) in [5, 5.41) is 41.7. The number of para-hydroxylation sites is 2. The fraction of sp³-hybridized carbons (Fsp3) is 0.696. The third kappa shape index (κ3) is 26.2. The van der Waals surface area contributed by atoms with Crippen molar-refractivity contribution in [1.82, 2.24) is 0 Å². The standard InChI is InChI=1S/2C23H38O3.Mg/c2*1-2-3-4-5-6-7-8-9-10-11-12-13-14-15-17-20-18-16-19-21(22(20)24)23(25)26;/h2*16,18-19,24H,2-15,17H2,1H3,(H,25,26);/q;;+2/p-2. The van der Waals surface area contributed by atoms with Crippen LogP contribution in [0, 0.1) is 0 Å². The van der Waals surface area contributed by atoms with Crippen molar-refractivity contribution in [2.24, 2.45) is 0 Å². The molecule has 2 rings (SSSR count). The van der Waals surface area contributed by atoms with E-state index in [-0.39, 0.29) is 45.7 Å². The maximum atomic E-state index is 10.9. The second kappa shape index (κ2) is 35.4. The van der Waals surface area contributed by atoms with Gasteiger partial charge in [0.2, 0.25) is 0 Å². The number of rotatable bonds is 32. The predicted molar refractivity (Wildman–Crippen MR) is 219 cm³/mol. The Morgan fingerprint density at radius 1 is 0.415 bits per heavy atom. The van der Waals surface area contributed by atoms with Crippen molar-refractivity contribution in [2.75, 3.05) is 0 Å². The van der Waals surface area contributed by atoms with Crippen LogP contribution in [0.2, 0.25) is 0 Å². The van der Waals surface area contributed by atoms with Gasteiger partial charge in [-0.15, -0.1) is 0 Å². The molecule has 0 aromatic heterocycles. The van der Waals surface area contributed by atoms with Crippen LogP contribution in [0.4, 0.5) is 0 Å². The van der Waals surface area contributed by atoms with Crippen molar-refractivity contribution in [3.8, 4) is 11.5 Å². The minimum atomic E-state index is -1.31. The summed E-state index contributed by atoms with van der Waals surface area (Å²) in [5.41, 5.74) is 1.22. The Morgan fingerprint density at radius 3 is 0.868 bits per heavy atom. The third-order valence-electron chi connectivity index (χ3n) is 10.3. The smallest absolute Gasteiger partial charge is 0.545 e. The molecule has 0 saturated carbocycles. The van der Waals surface area contributed by atoms with Crippen LogP contribution in [0.5, 0.6) is 11.5 Å². The molecule has 0 bridgehead atoms. The van der Waals surface area contributed by atoms with E-state index < -0.39 is 11.9 Å². The van der Waals surface area contributed by atoms with E-state index in [0.29, 0.717) is 11.1 Å². The third-order valence-corrected chi connectivity index (χ3v) is 10.3. The maximum absolute atomic E-state index is 10.9. The van der Waals surface area contributed by atoms with Crippen LogP contribution in [0.25, 0.3) is 0 Å². The molecule has 0 spiro atoms. The topological polar surface area (TPSA) is 121 Å². The Kier molecular flexibility index (Phi) is 33.9. The van der Waals surface area contributed by atoms with Crippen molar-refractivity contribution in [3.05, 3.63) is 58.7 Å². The van der Waals surface area contributed by atoms with Crippen molar-refractivity contribution < 1.29 is 30.0 Å². The monoisotopic (exact) mass is 747 g/mol. The normalized spacial score (nSPS) is 10.8. The Hall–Kier alpha value is -2.25. The molecule has 0 amide bonds. The minimum absolute atomic E-state index is 0. The summed E-state index contributed by atoms with van der Waals surface area (Å²) in [6.45, 7) is 4.52. The predicted octanol–water partition coefficient (Wildman–Crippen LogP) is 11.2. The van der Waals surface area contributed by atoms with Gasteiger partial charge in [-0.2, -0.15) is 0 Å².